The zero-order valence-corrected chi connectivity index (χ0v) is 15.4. The lowest BCUT2D eigenvalue weighted by Crippen LogP contribution is -2.34. The highest BCUT2D eigenvalue weighted by Gasteiger charge is 2.33. The van der Waals surface area contributed by atoms with Crippen molar-refractivity contribution in [3.05, 3.63) is 69.2 Å². The van der Waals surface area contributed by atoms with E-state index in [-0.39, 0.29) is 5.41 Å². The van der Waals surface area contributed by atoms with E-state index in [0.717, 1.165) is 10.9 Å². The van der Waals surface area contributed by atoms with Gasteiger partial charge in [0.2, 0.25) is 0 Å². The minimum Gasteiger partial charge on any atom is -0.126 e. The predicted octanol–water partition coefficient (Wildman–Crippen LogP) is 6.02. The van der Waals surface area contributed by atoms with Crippen molar-refractivity contribution in [2.45, 2.75) is 25.7 Å². The van der Waals surface area contributed by atoms with E-state index in [9.17, 15) is 0 Å². The van der Waals surface area contributed by atoms with E-state index in [1.165, 1.54) is 22.3 Å². The summed E-state index contributed by atoms with van der Waals surface area (Å²) in [5.74, 6) is 0.986. The summed E-state index contributed by atoms with van der Waals surface area (Å²) < 4.78 is 1.07. The Bertz CT molecular complexity index is 598. The van der Waals surface area contributed by atoms with Crippen LogP contribution in [-0.4, -0.2) is 11.8 Å². The fraction of sp³-hybridized carbons (Fsp3) is 0.333. The molecule has 0 unspecified atom stereocenters. The molecule has 2 aromatic rings. The highest BCUT2D eigenvalue weighted by molar-refractivity contribution is 9.10. The molecule has 0 fully saturated rings. The molecule has 0 aliphatic carbocycles. The summed E-state index contributed by atoms with van der Waals surface area (Å²) in [7, 11) is 0. The number of aryl methyl sites for hydroxylation is 2. The van der Waals surface area contributed by atoms with Gasteiger partial charge >= 0.3 is 0 Å². The van der Waals surface area contributed by atoms with Gasteiger partial charge in [-0.05, 0) is 48.6 Å². The third-order valence-corrected chi connectivity index (χ3v) is 5.83. The highest BCUT2D eigenvalue weighted by Crippen LogP contribution is 2.37. The van der Waals surface area contributed by atoms with Crippen LogP contribution in [0, 0.1) is 13.8 Å². The summed E-state index contributed by atoms with van der Waals surface area (Å²) in [5, 5.41) is 0. The maximum absolute atomic E-state index is 6.38. The zero-order valence-electron chi connectivity index (χ0n) is 12.3. The van der Waals surface area contributed by atoms with Crippen molar-refractivity contribution in [2.24, 2.45) is 0 Å². The SMILES string of the molecule is Cc1cccc(C)c1CC(CCl)(CCl)c1ccccc1Br. The molecule has 2 aromatic carbocycles. The molecule has 21 heavy (non-hydrogen) atoms. The van der Waals surface area contributed by atoms with E-state index < -0.39 is 0 Å². The van der Waals surface area contributed by atoms with Crippen molar-refractivity contribution in [3.8, 4) is 0 Å². The fourth-order valence-corrected chi connectivity index (χ4v) is 4.19. The minimum atomic E-state index is -0.264. The molecule has 0 saturated heterocycles. The van der Waals surface area contributed by atoms with Gasteiger partial charge in [-0.15, -0.1) is 23.2 Å². The Hall–Kier alpha value is -0.500. The molecule has 3 heteroatoms. The molecule has 0 N–H and O–H groups in total. The molecule has 0 atom stereocenters. The monoisotopic (exact) mass is 384 g/mol. The maximum Gasteiger partial charge on any atom is 0.0335 e. The van der Waals surface area contributed by atoms with Crippen molar-refractivity contribution in [3.63, 3.8) is 0 Å². The van der Waals surface area contributed by atoms with Crippen LogP contribution < -0.4 is 0 Å². The van der Waals surface area contributed by atoms with E-state index in [0.29, 0.717) is 11.8 Å². The molecule has 0 saturated carbocycles. The van der Waals surface area contributed by atoms with Gasteiger partial charge in [0, 0.05) is 21.6 Å². The van der Waals surface area contributed by atoms with E-state index in [2.05, 4.69) is 54.0 Å². The van der Waals surface area contributed by atoms with Gasteiger partial charge in [-0.25, -0.2) is 0 Å². The Morgan fingerprint density at radius 1 is 0.905 bits per heavy atom. The number of halogens is 3. The first-order chi connectivity index (χ1) is 10.0. The topological polar surface area (TPSA) is 0 Å². The van der Waals surface area contributed by atoms with Crippen LogP contribution in [0.15, 0.2) is 46.9 Å². The lowest BCUT2D eigenvalue weighted by atomic mass is 9.77. The molecular weight excluding hydrogens is 367 g/mol. The Labute approximate surface area is 145 Å². The van der Waals surface area contributed by atoms with Crippen molar-refractivity contribution in [1.82, 2.24) is 0 Å². The van der Waals surface area contributed by atoms with Crippen molar-refractivity contribution in [1.29, 1.82) is 0 Å². The number of alkyl halides is 2. The summed E-state index contributed by atoms with van der Waals surface area (Å²) in [6.45, 7) is 4.30. The van der Waals surface area contributed by atoms with Gasteiger partial charge in [0.1, 0.15) is 0 Å². The summed E-state index contributed by atoms with van der Waals surface area (Å²) >= 11 is 16.4. The van der Waals surface area contributed by atoms with Crippen molar-refractivity contribution < 1.29 is 0 Å². The first-order valence-electron chi connectivity index (χ1n) is 6.96. The summed E-state index contributed by atoms with van der Waals surface area (Å²) in [6, 6.07) is 14.6. The standard InChI is InChI=1S/C18H19BrCl2/c1-13-6-5-7-14(2)15(13)10-18(11-20,12-21)16-8-3-4-9-17(16)19/h3-9H,10-12H2,1-2H3. The quantitative estimate of drug-likeness (QED) is 0.551. The van der Waals surface area contributed by atoms with Gasteiger partial charge in [0.25, 0.3) is 0 Å². The van der Waals surface area contributed by atoms with Crippen molar-refractivity contribution >= 4 is 39.1 Å². The molecule has 0 spiro atoms. The van der Waals surface area contributed by atoms with Crippen LogP contribution in [0.2, 0.25) is 0 Å². The molecule has 0 amide bonds. The number of hydrogen-bond donors (Lipinski definition) is 0. The Balaban J connectivity index is 2.51. The number of hydrogen-bond acceptors (Lipinski definition) is 0. The van der Waals surface area contributed by atoms with Gasteiger partial charge in [0.15, 0.2) is 0 Å². The predicted molar refractivity (Wildman–Crippen MR) is 96.9 cm³/mol. The molecule has 2 rings (SSSR count). The molecule has 0 nitrogen and oxygen atoms in total. The van der Waals surface area contributed by atoms with Gasteiger partial charge < -0.3 is 0 Å². The molecular formula is C18H19BrCl2. The second-order valence-electron chi connectivity index (χ2n) is 5.57. The van der Waals surface area contributed by atoms with Crippen molar-refractivity contribution in [2.75, 3.05) is 11.8 Å². The Morgan fingerprint density at radius 2 is 1.48 bits per heavy atom. The van der Waals surface area contributed by atoms with Gasteiger partial charge in [-0.3, -0.25) is 0 Å². The van der Waals surface area contributed by atoms with Crippen LogP contribution in [-0.2, 0) is 11.8 Å². The summed E-state index contributed by atoms with van der Waals surface area (Å²) in [5.41, 5.74) is 4.84. The minimum absolute atomic E-state index is 0.264. The number of rotatable bonds is 5. The molecule has 0 aliphatic rings. The molecule has 0 heterocycles. The zero-order chi connectivity index (χ0) is 15.5. The van der Waals surface area contributed by atoms with Crippen LogP contribution in [0.3, 0.4) is 0 Å². The fourth-order valence-electron chi connectivity index (χ4n) is 2.73. The van der Waals surface area contributed by atoms with E-state index in [1.54, 1.807) is 0 Å². The molecule has 0 bridgehead atoms. The first-order valence-corrected chi connectivity index (χ1v) is 8.82. The third kappa shape index (κ3) is 3.47. The molecule has 0 aromatic heterocycles. The van der Waals surface area contributed by atoms with E-state index >= 15 is 0 Å². The average molecular weight is 386 g/mol. The summed E-state index contributed by atoms with van der Waals surface area (Å²) in [6.07, 6.45) is 0.848. The third-order valence-electron chi connectivity index (χ3n) is 4.12. The maximum atomic E-state index is 6.38. The van der Waals surface area contributed by atoms with E-state index in [4.69, 9.17) is 23.2 Å². The molecule has 0 aliphatic heterocycles. The Kier molecular flexibility index (Phi) is 5.76. The normalized spacial score (nSPS) is 11.7. The molecule has 0 radical (unpaired) electrons. The van der Waals surface area contributed by atoms with Gasteiger partial charge in [0.05, 0.1) is 0 Å². The lowest BCUT2D eigenvalue weighted by molar-refractivity contribution is 0.531. The highest BCUT2D eigenvalue weighted by atomic mass is 79.9. The second-order valence-corrected chi connectivity index (χ2v) is 6.96. The average Bonchev–Trinajstić information content (AvgIpc) is 2.49. The van der Waals surface area contributed by atoms with Crippen LogP contribution in [0.4, 0.5) is 0 Å². The smallest absolute Gasteiger partial charge is 0.0335 e. The Morgan fingerprint density at radius 3 is 2.00 bits per heavy atom. The number of benzene rings is 2. The van der Waals surface area contributed by atoms with Crippen LogP contribution >= 0.6 is 39.1 Å². The largest absolute Gasteiger partial charge is 0.126 e. The van der Waals surface area contributed by atoms with Gasteiger partial charge in [-0.1, -0.05) is 52.3 Å². The first kappa shape index (κ1) is 16.9. The van der Waals surface area contributed by atoms with Gasteiger partial charge in [-0.2, -0.15) is 0 Å². The molecule has 112 valence electrons. The van der Waals surface area contributed by atoms with Crippen LogP contribution in [0.25, 0.3) is 0 Å². The lowest BCUT2D eigenvalue weighted by Gasteiger charge is -2.32. The van der Waals surface area contributed by atoms with E-state index in [1.807, 2.05) is 18.2 Å². The van der Waals surface area contributed by atoms with Crippen LogP contribution in [0.1, 0.15) is 22.3 Å². The second kappa shape index (κ2) is 7.17. The van der Waals surface area contributed by atoms with Crippen LogP contribution in [0.5, 0.6) is 0 Å². The summed E-state index contributed by atoms with van der Waals surface area (Å²) in [4.78, 5) is 0.